The van der Waals surface area contributed by atoms with Crippen molar-refractivity contribution >= 4 is 11.9 Å². The lowest BCUT2D eigenvalue weighted by molar-refractivity contribution is -0.0799. The van der Waals surface area contributed by atoms with Gasteiger partial charge in [-0.05, 0) is 54.5 Å². The highest BCUT2D eigenvalue weighted by Crippen LogP contribution is 2.65. The van der Waals surface area contributed by atoms with Crippen LogP contribution in [0.1, 0.15) is 32.7 Å². The third kappa shape index (κ3) is 3.56. The van der Waals surface area contributed by atoms with E-state index in [9.17, 15) is 9.59 Å². The Balaban J connectivity index is 1.18. The topological polar surface area (TPSA) is 55.6 Å². The smallest absolute Gasteiger partial charge is 0.338 e. The quantitative estimate of drug-likeness (QED) is 0.381. The fourth-order valence-electron chi connectivity index (χ4n) is 7.54. The van der Waals surface area contributed by atoms with Crippen LogP contribution in [0.25, 0.3) is 0 Å². The molecule has 2 saturated carbocycles. The predicted molar refractivity (Wildman–Crippen MR) is 134 cm³/mol. The second kappa shape index (κ2) is 8.59. The summed E-state index contributed by atoms with van der Waals surface area (Å²) in [5, 5.41) is 0. The number of nitrogens with zero attached hydrogens (tertiary/aromatic N) is 1. The zero-order chi connectivity index (χ0) is 24.2. The molecule has 2 bridgehead atoms. The van der Waals surface area contributed by atoms with Crippen molar-refractivity contribution in [2.45, 2.75) is 37.1 Å². The third-order valence-electron chi connectivity index (χ3n) is 8.94. The minimum Gasteiger partial charge on any atom is -0.455 e. The van der Waals surface area contributed by atoms with Crippen LogP contribution in [0, 0.1) is 23.7 Å². The van der Waals surface area contributed by atoms with Gasteiger partial charge in [0.2, 0.25) is 0 Å². The van der Waals surface area contributed by atoms with Crippen LogP contribution < -0.4 is 0 Å². The van der Waals surface area contributed by atoms with Crippen molar-refractivity contribution in [2.75, 3.05) is 6.54 Å². The van der Waals surface area contributed by atoms with Crippen LogP contribution >= 0.6 is 0 Å². The van der Waals surface area contributed by atoms with Crippen molar-refractivity contribution in [1.29, 1.82) is 0 Å². The summed E-state index contributed by atoms with van der Waals surface area (Å²) in [5.74, 6) is 0.684. The van der Waals surface area contributed by atoms with Gasteiger partial charge in [0.15, 0.2) is 0 Å². The van der Waals surface area contributed by atoms with E-state index in [-0.39, 0.29) is 23.8 Å². The van der Waals surface area contributed by atoms with E-state index in [1.165, 1.54) is 5.56 Å². The summed E-state index contributed by atoms with van der Waals surface area (Å²) in [6.45, 7) is 1.12. The Morgan fingerprint density at radius 3 is 1.75 bits per heavy atom. The van der Waals surface area contributed by atoms with E-state index in [4.69, 9.17) is 9.47 Å². The molecular weight excluding hydrogens is 450 g/mol. The molecule has 4 aliphatic rings. The molecule has 182 valence electrons. The standard InChI is InChI=1S/C31H29NO4/c33-30(20-12-6-2-7-13-20)35-28-22-17-23(29(28)36-31(34)21-14-8-3-9-15-21)27-25-18-32(25)24(26(22)27)16-19-10-4-1-5-11-19/h1-15,22-29H,16-18H2. The van der Waals surface area contributed by atoms with Gasteiger partial charge in [-0.25, -0.2) is 9.59 Å². The monoisotopic (exact) mass is 479 g/mol. The lowest BCUT2D eigenvalue weighted by atomic mass is 9.72. The highest BCUT2D eigenvalue weighted by molar-refractivity contribution is 5.90. The third-order valence-corrected chi connectivity index (χ3v) is 8.94. The molecule has 0 radical (unpaired) electrons. The minimum atomic E-state index is -0.423. The number of fused-ring (bicyclic) bond motifs is 7. The van der Waals surface area contributed by atoms with E-state index in [2.05, 4.69) is 35.2 Å². The summed E-state index contributed by atoms with van der Waals surface area (Å²) in [6.07, 6.45) is 1.13. The Hall–Kier alpha value is -3.44. The van der Waals surface area contributed by atoms with Crippen molar-refractivity contribution in [3.8, 4) is 0 Å². The van der Waals surface area contributed by atoms with Gasteiger partial charge in [-0.1, -0.05) is 66.7 Å². The van der Waals surface area contributed by atoms with Crippen LogP contribution in [-0.4, -0.2) is 47.7 Å². The molecule has 0 aromatic heterocycles. The molecule has 2 saturated heterocycles. The first-order valence-electron chi connectivity index (χ1n) is 13.0. The van der Waals surface area contributed by atoms with Crippen molar-refractivity contribution in [1.82, 2.24) is 4.90 Å². The van der Waals surface area contributed by atoms with E-state index in [1.807, 2.05) is 36.4 Å². The Bertz CT molecular complexity index is 1260. The maximum atomic E-state index is 13.1. The fraction of sp³-hybridized carbons (Fsp3) is 0.355. The molecule has 0 spiro atoms. The Labute approximate surface area is 211 Å². The molecule has 0 amide bonds. The Kier molecular flexibility index (Phi) is 5.21. The van der Waals surface area contributed by atoms with Gasteiger partial charge < -0.3 is 9.47 Å². The van der Waals surface area contributed by atoms with E-state index >= 15 is 0 Å². The highest BCUT2D eigenvalue weighted by atomic mass is 16.6. The number of benzene rings is 3. The van der Waals surface area contributed by atoms with Crippen LogP contribution in [0.2, 0.25) is 0 Å². The zero-order valence-corrected chi connectivity index (χ0v) is 20.0. The molecule has 9 unspecified atom stereocenters. The molecule has 7 rings (SSSR count). The summed E-state index contributed by atoms with van der Waals surface area (Å²) >= 11 is 0. The van der Waals surface area contributed by atoms with Gasteiger partial charge in [-0.2, -0.15) is 0 Å². The maximum absolute atomic E-state index is 13.1. The summed E-state index contributed by atoms with van der Waals surface area (Å²) in [7, 11) is 0. The molecule has 9 atom stereocenters. The van der Waals surface area contributed by atoms with Gasteiger partial charge >= 0.3 is 11.9 Å². The molecule has 0 N–H and O–H groups in total. The summed E-state index contributed by atoms with van der Waals surface area (Å²) in [5.41, 5.74) is 2.41. The summed E-state index contributed by atoms with van der Waals surface area (Å²) in [4.78, 5) is 28.9. The first-order valence-corrected chi connectivity index (χ1v) is 13.0. The van der Waals surface area contributed by atoms with Gasteiger partial charge in [-0.15, -0.1) is 0 Å². The van der Waals surface area contributed by atoms with Crippen molar-refractivity contribution in [3.05, 3.63) is 108 Å². The minimum absolute atomic E-state index is 0.197. The number of hydrogen-bond acceptors (Lipinski definition) is 5. The SMILES string of the molecule is O=C(OC1C2CC(C1OC(=O)c1ccccc1)C1C2C(Cc2ccccc2)N2CC12)c1ccccc1. The van der Waals surface area contributed by atoms with E-state index < -0.39 is 12.2 Å². The van der Waals surface area contributed by atoms with Gasteiger partial charge in [0.25, 0.3) is 0 Å². The van der Waals surface area contributed by atoms with E-state index in [0.717, 1.165) is 19.4 Å². The van der Waals surface area contributed by atoms with Crippen LogP contribution in [0.3, 0.4) is 0 Å². The normalized spacial score (nSPS) is 35.1. The number of carbonyl (C=O) groups excluding carboxylic acids is 2. The molecule has 2 aliphatic carbocycles. The Morgan fingerprint density at radius 2 is 1.19 bits per heavy atom. The van der Waals surface area contributed by atoms with Crippen molar-refractivity contribution < 1.29 is 19.1 Å². The molecule has 2 heterocycles. The van der Waals surface area contributed by atoms with E-state index in [1.54, 1.807) is 24.3 Å². The number of hydrogen-bond donors (Lipinski definition) is 0. The molecule has 3 aromatic rings. The van der Waals surface area contributed by atoms with Gasteiger partial charge in [0, 0.05) is 30.5 Å². The second-order valence-electron chi connectivity index (χ2n) is 10.7. The van der Waals surface area contributed by atoms with Gasteiger partial charge in [-0.3, -0.25) is 4.90 Å². The highest BCUT2D eigenvalue weighted by Gasteiger charge is 2.72. The summed E-state index contributed by atoms with van der Waals surface area (Å²) in [6, 6.07) is 29.9. The first-order chi connectivity index (χ1) is 17.7. The lowest BCUT2D eigenvalue weighted by Gasteiger charge is -2.40. The maximum Gasteiger partial charge on any atom is 0.338 e. The number of esters is 2. The zero-order valence-electron chi connectivity index (χ0n) is 20.0. The largest absolute Gasteiger partial charge is 0.455 e. The lowest BCUT2D eigenvalue weighted by Crippen LogP contribution is -2.49. The molecule has 5 nitrogen and oxygen atoms in total. The van der Waals surface area contributed by atoms with E-state index in [0.29, 0.717) is 35.0 Å². The molecule has 2 aliphatic heterocycles. The van der Waals surface area contributed by atoms with Gasteiger partial charge in [0.05, 0.1) is 11.1 Å². The predicted octanol–water partition coefficient (Wildman–Crippen LogP) is 4.63. The van der Waals surface area contributed by atoms with Crippen LogP contribution in [0.5, 0.6) is 0 Å². The number of piperidine rings is 1. The molecule has 5 heteroatoms. The van der Waals surface area contributed by atoms with Crippen LogP contribution in [0.4, 0.5) is 0 Å². The second-order valence-corrected chi connectivity index (χ2v) is 10.7. The summed E-state index contributed by atoms with van der Waals surface area (Å²) < 4.78 is 12.4. The molecular formula is C31H29NO4. The first kappa shape index (κ1) is 21.8. The van der Waals surface area contributed by atoms with Crippen LogP contribution in [0.15, 0.2) is 91.0 Å². The molecule has 4 fully saturated rings. The molecule has 36 heavy (non-hydrogen) atoms. The van der Waals surface area contributed by atoms with Crippen molar-refractivity contribution in [3.63, 3.8) is 0 Å². The van der Waals surface area contributed by atoms with Gasteiger partial charge in [0.1, 0.15) is 12.2 Å². The Morgan fingerprint density at radius 1 is 0.694 bits per heavy atom. The fourth-order valence-corrected chi connectivity index (χ4v) is 7.54. The average Bonchev–Trinajstić information content (AvgIpc) is 3.38. The number of ether oxygens (including phenoxy) is 2. The van der Waals surface area contributed by atoms with Crippen molar-refractivity contribution in [2.24, 2.45) is 23.7 Å². The number of rotatable bonds is 6. The van der Waals surface area contributed by atoms with Crippen LogP contribution in [-0.2, 0) is 15.9 Å². The average molecular weight is 480 g/mol. The molecule has 3 aromatic carbocycles. The number of carbonyl (C=O) groups is 2.